The molecule has 0 atom stereocenters. The third-order valence-electron chi connectivity index (χ3n) is 3.35. The normalized spacial score (nSPS) is 11.8. The molecule has 0 radical (unpaired) electrons. The first-order valence-corrected chi connectivity index (χ1v) is 7.63. The van der Waals surface area contributed by atoms with Gasteiger partial charge in [-0.15, -0.1) is 0 Å². The van der Waals surface area contributed by atoms with Crippen LogP contribution in [0.15, 0.2) is 12.3 Å². The van der Waals surface area contributed by atoms with Crippen molar-refractivity contribution in [3.63, 3.8) is 0 Å². The predicted molar refractivity (Wildman–Crippen MR) is 81.6 cm³/mol. The zero-order valence-electron chi connectivity index (χ0n) is 13.2. The van der Waals surface area contributed by atoms with E-state index in [1.807, 2.05) is 6.92 Å². The van der Waals surface area contributed by atoms with E-state index in [-0.39, 0.29) is 29.7 Å². The number of aromatic nitrogens is 4. The maximum atomic E-state index is 12.7. The van der Waals surface area contributed by atoms with Crippen molar-refractivity contribution in [3.05, 3.63) is 34.4 Å². The lowest BCUT2D eigenvalue weighted by Crippen LogP contribution is -2.29. The molecular weight excluding hydrogens is 347 g/mol. The highest BCUT2D eigenvalue weighted by Gasteiger charge is 2.38. The van der Waals surface area contributed by atoms with Crippen molar-refractivity contribution >= 4 is 17.5 Å². The minimum atomic E-state index is -4.58. The highest BCUT2D eigenvalue weighted by atomic mass is 35.5. The molecule has 1 amide bonds. The van der Waals surface area contributed by atoms with Gasteiger partial charge in [0.2, 0.25) is 5.91 Å². The van der Waals surface area contributed by atoms with E-state index in [9.17, 15) is 18.0 Å². The zero-order valence-corrected chi connectivity index (χ0v) is 13.9. The number of hydrogen-bond donors (Lipinski definition) is 1. The maximum absolute atomic E-state index is 12.7. The third kappa shape index (κ3) is 4.50. The molecule has 0 saturated heterocycles. The standard InChI is InChI=1S/C14H17ClF3N5O/c1-9-4-7-22(20-9)8-11(24)19-5-3-6-23-10(2)12(15)13(21-23)14(16,17)18/h4,7H,3,5-6,8H2,1-2H3,(H,19,24). The topological polar surface area (TPSA) is 64.7 Å². The number of nitrogens with zero attached hydrogens (tertiary/aromatic N) is 4. The average Bonchev–Trinajstić information content (AvgIpc) is 3.00. The summed E-state index contributed by atoms with van der Waals surface area (Å²) >= 11 is 5.67. The molecule has 2 rings (SSSR count). The van der Waals surface area contributed by atoms with Crippen LogP contribution in [0.4, 0.5) is 13.2 Å². The largest absolute Gasteiger partial charge is 0.436 e. The minimum absolute atomic E-state index is 0.0959. The van der Waals surface area contributed by atoms with E-state index in [1.54, 1.807) is 12.3 Å². The van der Waals surface area contributed by atoms with Gasteiger partial charge < -0.3 is 5.32 Å². The van der Waals surface area contributed by atoms with Gasteiger partial charge in [-0.2, -0.15) is 23.4 Å². The van der Waals surface area contributed by atoms with Gasteiger partial charge in [-0.25, -0.2) is 0 Å². The molecular formula is C14H17ClF3N5O. The summed E-state index contributed by atoms with van der Waals surface area (Å²) in [6, 6.07) is 1.79. The van der Waals surface area contributed by atoms with Gasteiger partial charge in [0.05, 0.1) is 16.4 Å². The quantitative estimate of drug-likeness (QED) is 0.802. The van der Waals surface area contributed by atoms with Gasteiger partial charge >= 0.3 is 6.18 Å². The van der Waals surface area contributed by atoms with Crippen LogP contribution in [0.2, 0.25) is 5.02 Å². The lowest BCUT2D eigenvalue weighted by Gasteiger charge is -2.07. The van der Waals surface area contributed by atoms with Gasteiger partial charge in [0.15, 0.2) is 5.69 Å². The van der Waals surface area contributed by atoms with Gasteiger partial charge in [0.25, 0.3) is 0 Å². The minimum Gasteiger partial charge on any atom is -0.354 e. The molecule has 0 aliphatic carbocycles. The first-order chi connectivity index (χ1) is 11.2. The second-order valence-electron chi connectivity index (χ2n) is 5.33. The van der Waals surface area contributed by atoms with Crippen molar-refractivity contribution < 1.29 is 18.0 Å². The molecule has 0 aliphatic rings. The smallest absolute Gasteiger partial charge is 0.354 e. The first kappa shape index (κ1) is 18.3. The molecule has 132 valence electrons. The Bertz CT molecular complexity index is 723. The summed E-state index contributed by atoms with van der Waals surface area (Å²) < 4.78 is 40.9. The van der Waals surface area contributed by atoms with Crippen LogP contribution < -0.4 is 5.32 Å². The number of nitrogens with one attached hydrogen (secondary N) is 1. The number of amides is 1. The highest BCUT2D eigenvalue weighted by Crippen LogP contribution is 2.35. The van der Waals surface area contributed by atoms with Gasteiger partial charge in [-0.3, -0.25) is 14.2 Å². The van der Waals surface area contributed by atoms with E-state index >= 15 is 0 Å². The second kappa shape index (κ2) is 7.25. The molecule has 2 heterocycles. The van der Waals surface area contributed by atoms with Crippen molar-refractivity contribution in [2.75, 3.05) is 6.54 Å². The lowest BCUT2D eigenvalue weighted by molar-refractivity contribution is -0.141. The van der Waals surface area contributed by atoms with Gasteiger partial charge in [0, 0.05) is 19.3 Å². The molecule has 0 bridgehead atoms. The lowest BCUT2D eigenvalue weighted by atomic mass is 10.3. The van der Waals surface area contributed by atoms with E-state index in [0.717, 1.165) is 5.69 Å². The van der Waals surface area contributed by atoms with Crippen LogP contribution >= 0.6 is 11.6 Å². The summed E-state index contributed by atoms with van der Waals surface area (Å²) in [4.78, 5) is 11.7. The van der Waals surface area contributed by atoms with Crippen LogP contribution in [-0.4, -0.2) is 32.0 Å². The SMILES string of the molecule is Cc1ccn(CC(=O)NCCCn2nc(C(F)(F)F)c(Cl)c2C)n1. The number of alkyl halides is 3. The number of carbonyl (C=O) groups is 1. The van der Waals surface area contributed by atoms with Crippen LogP contribution in [0.5, 0.6) is 0 Å². The van der Waals surface area contributed by atoms with Crippen molar-refractivity contribution in [1.29, 1.82) is 0 Å². The Morgan fingerprint density at radius 3 is 2.58 bits per heavy atom. The van der Waals surface area contributed by atoms with Crippen molar-refractivity contribution in [2.45, 2.75) is 39.5 Å². The third-order valence-corrected chi connectivity index (χ3v) is 3.80. The molecule has 0 unspecified atom stereocenters. The van der Waals surface area contributed by atoms with Crippen LogP contribution in [-0.2, 0) is 24.1 Å². The number of aryl methyl sites for hydroxylation is 2. The van der Waals surface area contributed by atoms with E-state index < -0.39 is 11.9 Å². The summed E-state index contributed by atoms with van der Waals surface area (Å²) in [7, 11) is 0. The van der Waals surface area contributed by atoms with Gasteiger partial charge in [-0.1, -0.05) is 11.6 Å². The number of rotatable bonds is 6. The fourth-order valence-electron chi connectivity index (χ4n) is 2.13. The van der Waals surface area contributed by atoms with Gasteiger partial charge in [-0.05, 0) is 26.3 Å². The molecule has 10 heteroatoms. The molecule has 1 N–H and O–H groups in total. The van der Waals surface area contributed by atoms with Crippen LogP contribution in [0.1, 0.15) is 23.5 Å². The monoisotopic (exact) mass is 363 g/mol. The molecule has 0 fully saturated rings. The summed E-state index contributed by atoms with van der Waals surface area (Å²) in [5.74, 6) is -0.218. The van der Waals surface area contributed by atoms with Crippen LogP contribution in [0.25, 0.3) is 0 Å². The number of hydrogen-bond acceptors (Lipinski definition) is 3. The van der Waals surface area contributed by atoms with Crippen LogP contribution in [0, 0.1) is 13.8 Å². The van der Waals surface area contributed by atoms with Crippen molar-refractivity contribution in [3.8, 4) is 0 Å². The molecule has 2 aromatic heterocycles. The average molecular weight is 364 g/mol. The fraction of sp³-hybridized carbons (Fsp3) is 0.500. The Balaban J connectivity index is 1.81. The Kier molecular flexibility index (Phi) is 5.53. The molecule has 0 aliphatic heterocycles. The molecule has 0 aromatic carbocycles. The molecule has 0 spiro atoms. The molecule has 0 saturated carbocycles. The molecule has 2 aromatic rings. The van der Waals surface area contributed by atoms with Gasteiger partial charge in [0.1, 0.15) is 6.54 Å². The van der Waals surface area contributed by atoms with E-state index in [2.05, 4.69) is 15.5 Å². The van der Waals surface area contributed by atoms with E-state index in [1.165, 1.54) is 16.3 Å². The molecule has 6 nitrogen and oxygen atoms in total. The second-order valence-corrected chi connectivity index (χ2v) is 5.71. The highest BCUT2D eigenvalue weighted by molar-refractivity contribution is 6.31. The number of halogens is 4. The van der Waals surface area contributed by atoms with E-state index in [4.69, 9.17) is 11.6 Å². The number of carbonyl (C=O) groups excluding carboxylic acids is 1. The summed E-state index contributed by atoms with van der Waals surface area (Å²) in [6.45, 7) is 3.93. The Morgan fingerprint density at radius 2 is 2.04 bits per heavy atom. The van der Waals surface area contributed by atoms with Crippen molar-refractivity contribution in [1.82, 2.24) is 24.9 Å². The Hall–Kier alpha value is -2.03. The summed E-state index contributed by atoms with van der Waals surface area (Å²) in [5, 5.41) is 9.89. The van der Waals surface area contributed by atoms with E-state index in [0.29, 0.717) is 13.0 Å². The summed E-state index contributed by atoms with van der Waals surface area (Å²) in [5.41, 5.74) is -0.0172. The summed E-state index contributed by atoms with van der Waals surface area (Å²) in [6.07, 6.45) is -2.45. The fourth-order valence-corrected chi connectivity index (χ4v) is 2.38. The Morgan fingerprint density at radius 1 is 1.33 bits per heavy atom. The van der Waals surface area contributed by atoms with Crippen molar-refractivity contribution in [2.24, 2.45) is 0 Å². The predicted octanol–water partition coefficient (Wildman–Crippen LogP) is 2.58. The zero-order chi connectivity index (χ0) is 17.9. The van der Waals surface area contributed by atoms with Crippen LogP contribution in [0.3, 0.4) is 0 Å². The Labute approximate surface area is 141 Å². The first-order valence-electron chi connectivity index (χ1n) is 7.25. The molecule has 24 heavy (non-hydrogen) atoms. The maximum Gasteiger partial charge on any atom is 0.436 e.